The van der Waals surface area contributed by atoms with Gasteiger partial charge in [-0.1, -0.05) is 30.7 Å². The van der Waals surface area contributed by atoms with Crippen molar-refractivity contribution in [2.24, 2.45) is 39.7 Å². The molecule has 0 amide bonds. The van der Waals surface area contributed by atoms with Crippen LogP contribution in [0.25, 0.3) is 0 Å². The van der Waals surface area contributed by atoms with E-state index in [2.05, 4.69) is 32.0 Å². The molecule has 1 heterocycles. The van der Waals surface area contributed by atoms with Crippen molar-refractivity contribution >= 4 is 17.7 Å². The molecular weight excluding hydrogens is 534 g/mol. The van der Waals surface area contributed by atoms with Gasteiger partial charge in [0.1, 0.15) is 24.9 Å². The zero-order chi connectivity index (χ0) is 30.2. The van der Waals surface area contributed by atoms with E-state index in [4.69, 9.17) is 23.8 Å². The fraction of sp³-hybridized carbons (Fsp3) is 0.794. The van der Waals surface area contributed by atoms with E-state index >= 15 is 0 Å². The lowest BCUT2D eigenvalue weighted by atomic mass is 9.47. The first-order valence-corrected chi connectivity index (χ1v) is 16.1. The first-order chi connectivity index (χ1) is 19.9. The fourth-order valence-electron chi connectivity index (χ4n) is 9.21. The summed E-state index contributed by atoms with van der Waals surface area (Å²) in [4.78, 5) is 28.6. The van der Waals surface area contributed by atoms with Crippen LogP contribution in [0.15, 0.2) is 29.0 Å². The molecule has 4 aliphatic carbocycles. The summed E-state index contributed by atoms with van der Waals surface area (Å²) in [5, 5.41) is 4.55. The Balaban J connectivity index is 1.24. The van der Waals surface area contributed by atoms with E-state index in [1.165, 1.54) is 45.2 Å². The maximum absolute atomic E-state index is 11.6. The van der Waals surface area contributed by atoms with E-state index in [1.54, 1.807) is 11.6 Å². The van der Waals surface area contributed by atoms with Crippen molar-refractivity contribution in [1.82, 2.24) is 0 Å². The summed E-state index contributed by atoms with van der Waals surface area (Å²) in [7, 11) is 0. The van der Waals surface area contributed by atoms with Gasteiger partial charge in [0.15, 0.2) is 6.29 Å². The number of nitrogens with zero attached hydrogens (tertiary/aromatic N) is 1. The summed E-state index contributed by atoms with van der Waals surface area (Å²) in [5.74, 6) is 1.87. The second-order valence-corrected chi connectivity index (χ2v) is 14.1. The molecule has 0 radical (unpaired) electrons. The van der Waals surface area contributed by atoms with Gasteiger partial charge in [0.05, 0.1) is 11.8 Å². The van der Waals surface area contributed by atoms with Gasteiger partial charge in [0, 0.05) is 19.8 Å². The molecule has 3 fully saturated rings. The quantitative estimate of drug-likeness (QED) is 0.138. The first-order valence-electron chi connectivity index (χ1n) is 16.1. The number of fused-ring (bicyclic) bond motifs is 5. The van der Waals surface area contributed by atoms with Gasteiger partial charge in [-0.3, -0.25) is 9.59 Å². The molecule has 42 heavy (non-hydrogen) atoms. The summed E-state index contributed by atoms with van der Waals surface area (Å²) in [6.07, 6.45) is 13.7. The van der Waals surface area contributed by atoms with Crippen LogP contribution in [0, 0.1) is 34.5 Å². The minimum Gasteiger partial charge on any atom is -0.463 e. The minimum absolute atomic E-state index is 0.00547. The van der Waals surface area contributed by atoms with E-state index in [1.807, 2.05) is 19.9 Å². The summed E-state index contributed by atoms with van der Waals surface area (Å²) in [6, 6.07) is 0. The van der Waals surface area contributed by atoms with Crippen LogP contribution in [0.3, 0.4) is 0 Å². The van der Waals surface area contributed by atoms with Gasteiger partial charge in [-0.15, -0.1) is 0 Å². The number of esters is 2. The Morgan fingerprint density at radius 3 is 2.52 bits per heavy atom. The van der Waals surface area contributed by atoms with Crippen LogP contribution < -0.4 is 0 Å². The molecule has 1 aliphatic heterocycles. The Bertz CT molecular complexity index is 1110. The molecule has 8 nitrogen and oxygen atoms in total. The molecule has 0 bridgehead atoms. The highest BCUT2D eigenvalue weighted by Gasteiger charge is 2.59. The van der Waals surface area contributed by atoms with Gasteiger partial charge >= 0.3 is 11.9 Å². The van der Waals surface area contributed by atoms with Crippen LogP contribution in [-0.4, -0.2) is 55.0 Å². The Morgan fingerprint density at radius 2 is 1.81 bits per heavy atom. The van der Waals surface area contributed by atoms with Crippen LogP contribution in [-0.2, 0) is 33.4 Å². The molecule has 5 rings (SSSR count). The van der Waals surface area contributed by atoms with Crippen LogP contribution in [0.5, 0.6) is 0 Å². The molecular formula is C34H51NO7. The average molecular weight is 586 g/mol. The molecule has 234 valence electrons. The number of carbonyl (C=O) groups excluding carboxylic acids is 2. The predicted molar refractivity (Wildman–Crippen MR) is 159 cm³/mol. The third-order valence-electron chi connectivity index (χ3n) is 11.2. The van der Waals surface area contributed by atoms with Crippen molar-refractivity contribution in [2.45, 2.75) is 131 Å². The molecule has 5 aliphatic rings. The van der Waals surface area contributed by atoms with Gasteiger partial charge in [0.25, 0.3) is 0 Å². The topological polar surface area (TPSA) is 92.7 Å². The van der Waals surface area contributed by atoms with Gasteiger partial charge < -0.3 is 23.8 Å². The predicted octanol–water partition coefficient (Wildman–Crippen LogP) is 6.53. The van der Waals surface area contributed by atoms with Crippen molar-refractivity contribution in [3.8, 4) is 0 Å². The van der Waals surface area contributed by atoms with Crippen molar-refractivity contribution in [3.63, 3.8) is 0 Å². The van der Waals surface area contributed by atoms with Gasteiger partial charge in [-0.2, -0.15) is 0 Å². The highest BCUT2D eigenvalue weighted by Crippen LogP contribution is 2.66. The highest BCUT2D eigenvalue weighted by molar-refractivity contribution is 5.85. The van der Waals surface area contributed by atoms with Crippen molar-refractivity contribution < 1.29 is 33.4 Å². The third kappa shape index (κ3) is 6.21. The Kier molecular flexibility index (Phi) is 9.25. The van der Waals surface area contributed by atoms with Crippen LogP contribution in [0.4, 0.5) is 0 Å². The van der Waals surface area contributed by atoms with Gasteiger partial charge in [-0.05, 0) is 113 Å². The standard InChI is InChI=1S/C34H51NO7/c1-20(2)42-35-21(3)27-10-11-28-26-9-8-24-18-25(14-16-33(24,6)29(26)15-17-34(27,28)7)40-32-13-12-30(39-23(5)37)31(41-32)19-38-22(4)36/h8,12-13,20,25-32H,9-11,14-19H2,1-7H3/b35-21+/t25-,26-,27+,28-,29-,30-,31+,32?,33-,34+/m0/s1. The molecule has 0 N–H and O–H groups in total. The minimum atomic E-state index is -0.612. The maximum atomic E-state index is 11.6. The summed E-state index contributed by atoms with van der Waals surface area (Å²) < 4.78 is 23.1. The van der Waals surface area contributed by atoms with Crippen LogP contribution in [0.2, 0.25) is 0 Å². The summed E-state index contributed by atoms with van der Waals surface area (Å²) in [6.45, 7) is 14.0. The zero-order valence-corrected chi connectivity index (χ0v) is 26.6. The molecule has 0 saturated heterocycles. The SMILES string of the molecule is CC(=O)OC[C@H]1OC(O[C@H]2CC[C@@]3(C)C(=CC[C@H]4[C@@H]5CC[C@H](/C(C)=N/OC(C)C)[C@@]5(C)CC[C@@H]43)C2)C=C[C@@H]1OC(C)=O. The number of oxime groups is 1. The van der Waals surface area contributed by atoms with Gasteiger partial charge in [-0.25, -0.2) is 0 Å². The summed E-state index contributed by atoms with van der Waals surface area (Å²) >= 11 is 0. The molecule has 3 saturated carbocycles. The first kappa shape index (κ1) is 31.2. The smallest absolute Gasteiger partial charge is 0.303 e. The lowest BCUT2D eigenvalue weighted by molar-refractivity contribution is -0.213. The lowest BCUT2D eigenvalue weighted by Crippen LogP contribution is -2.51. The Morgan fingerprint density at radius 1 is 1.02 bits per heavy atom. The van der Waals surface area contributed by atoms with E-state index in [0.29, 0.717) is 17.3 Å². The van der Waals surface area contributed by atoms with Crippen molar-refractivity contribution in [3.05, 3.63) is 23.8 Å². The second kappa shape index (κ2) is 12.4. The van der Waals surface area contributed by atoms with E-state index in [-0.39, 0.29) is 24.2 Å². The van der Waals surface area contributed by atoms with Crippen LogP contribution in [0.1, 0.15) is 99.8 Å². The maximum Gasteiger partial charge on any atom is 0.303 e. The highest BCUT2D eigenvalue weighted by atomic mass is 16.7. The van der Waals surface area contributed by atoms with Crippen molar-refractivity contribution in [1.29, 1.82) is 0 Å². The van der Waals surface area contributed by atoms with E-state index < -0.39 is 30.4 Å². The number of hydrogen-bond donors (Lipinski definition) is 0. The molecule has 1 unspecified atom stereocenters. The normalized spacial score (nSPS) is 41.3. The monoisotopic (exact) mass is 585 g/mol. The molecule has 8 heteroatoms. The molecule has 0 aromatic heterocycles. The summed E-state index contributed by atoms with van der Waals surface area (Å²) in [5.41, 5.74) is 3.24. The van der Waals surface area contributed by atoms with E-state index in [9.17, 15) is 9.59 Å². The van der Waals surface area contributed by atoms with Gasteiger partial charge in [0.2, 0.25) is 0 Å². The zero-order valence-electron chi connectivity index (χ0n) is 26.6. The Hall–Kier alpha value is -2.19. The number of rotatable bonds is 8. The van der Waals surface area contributed by atoms with Crippen LogP contribution >= 0.6 is 0 Å². The molecule has 0 spiro atoms. The second-order valence-electron chi connectivity index (χ2n) is 14.1. The number of carbonyl (C=O) groups is 2. The largest absolute Gasteiger partial charge is 0.463 e. The molecule has 0 aromatic carbocycles. The number of allylic oxidation sites excluding steroid dienone is 1. The third-order valence-corrected chi connectivity index (χ3v) is 11.2. The average Bonchev–Trinajstić information content (AvgIpc) is 3.29. The van der Waals surface area contributed by atoms with Crippen molar-refractivity contribution in [2.75, 3.05) is 6.61 Å². The fourth-order valence-corrected chi connectivity index (χ4v) is 9.21. The molecule has 10 atom stereocenters. The lowest BCUT2D eigenvalue weighted by Gasteiger charge is -2.58. The number of hydrogen-bond acceptors (Lipinski definition) is 8. The Labute approximate surface area is 251 Å². The molecule has 0 aromatic rings. The number of ether oxygens (including phenoxy) is 4. The van der Waals surface area contributed by atoms with E-state index in [0.717, 1.165) is 37.5 Å².